The molecule has 0 aromatic heterocycles. The highest BCUT2D eigenvalue weighted by atomic mass is 35.5. The van der Waals surface area contributed by atoms with Crippen molar-refractivity contribution in [1.29, 1.82) is 0 Å². The fourth-order valence-electron chi connectivity index (χ4n) is 2.91. The third kappa shape index (κ3) is 3.22. The summed E-state index contributed by atoms with van der Waals surface area (Å²) >= 11 is 6.20. The molecule has 1 aliphatic carbocycles. The van der Waals surface area contributed by atoms with Gasteiger partial charge in [0.15, 0.2) is 11.5 Å². The molecule has 0 aliphatic heterocycles. The van der Waals surface area contributed by atoms with Crippen LogP contribution in [0, 0.1) is 0 Å². The van der Waals surface area contributed by atoms with Crippen LogP contribution in [0.4, 0.5) is 0 Å². The fourth-order valence-corrected chi connectivity index (χ4v) is 3.12. The molecule has 21 heavy (non-hydrogen) atoms. The van der Waals surface area contributed by atoms with Gasteiger partial charge >= 0.3 is 0 Å². The van der Waals surface area contributed by atoms with E-state index >= 15 is 0 Å². The highest BCUT2D eigenvalue weighted by Gasteiger charge is 2.39. The van der Waals surface area contributed by atoms with Crippen LogP contribution in [0.5, 0.6) is 11.5 Å². The fraction of sp³-hybridized carbons (Fsp3) is 0.562. The summed E-state index contributed by atoms with van der Waals surface area (Å²) in [6.45, 7) is 3.89. The zero-order valence-corrected chi connectivity index (χ0v) is 13.4. The second-order valence-corrected chi connectivity index (χ2v) is 6.03. The second-order valence-electron chi connectivity index (χ2n) is 5.59. The summed E-state index contributed by atoms with van der Waals surface area (Å²) in [5.41, 5.74) is 0.228. The Bertz CT molecular complexity index is 559. The van der Waals surface area contributed by atoms with Crippen LogP contribution in [-0.2, 0) is 10.3 Å². The third-order valence-electron chi connectivity index (χ3n) is 3.78. The number of nitrogens with zero attached hydrogens (tertiary/aromatic N) is 1. The molecule has 1 saturated carbocycles. The molecule has 0 amide bonds. The maximum absolute atomic E-state index is 10.9. The van der Waals surface area contributed by atoms with Gasteiger partial charge < -0.3 is 9.47 Å². The van der Waals surface area contributed by atoms with Crippen LogP contribution in [0.25, 0.3) is 0 Å². The van der Waals surface area contributed by atoms with Crippen molar-refractivity contribution in [3.63, 3.8) is 0 Å². The molecule has 0 bridgehead atoms. The maximum atomic E-state index is 10.9. The Balaban J connectivity index is 2.64. The van der Waals surface area contributed by atoms with Crippen LogP contribution >= 0.6 is 11.6 Å². The first-order chi connectivity index (χ1) is 10.0. The summed E-state index contributed by atoms with van der Waals surface area (Å²) in [5, 5.41) is 0.547. The molecule has 5 heteroatoms. The summed E-state index contributed by atoms with van der Waals surface area (Å²) < 4.78 is 11.3. The van der Waals surface area contributed by atoms with Gasteiger partial charge in [0.25, 0.3) is 0 Å². The van der Waals surface area contributed by atoms with Crippen LogP contribution in [0.3, 0.4) is 0 Å². The van der Waals surface area contributed by atoms with Crippen molar-refractivity contribution in [2.24, 2.45) is 4.99 Å². The minimum atomic E-state index is -0.593. The maximum Gasteiger partial charge on any atom is 0.235 e. The Morgan fingerprint density at radius 1 is 1.33 bits per heavy atom. The normalized spacial score (nSPS) is 16.6. The Labute approximate surface area is 130 Å². The average molecular weight is 310 g/mol. The smallest absolute Gasteiger partial charge is 0.235 e. The SMILES string of the molecule is COc1cc(Cl)cc(C2(N=C=O)CCCC2)c1OC(C)C. The van der Waals surface area contributed by atoms with Gasteiger partial charge in [-0.15, -0.1) is 0 Å². The van der Waals surface area contributed by atoms with E-state index in [0.29, 0.717) is 16.5 Å². The molecule has 0 saturated heterocycles. The Morgan fingerprint density at radius 3 is 2.52 bits per heavy atom. The van der Waals surface area contributed by atoms with Crippen molar-refractivity contribution in [3.8, 4) is 11.5 Å². The lowest BCUT2D eigenvalue weighted by Crippen LogP contribution is -2.22. The molecule has 0 radical (unpaired) electrons. The number of rotatable bonds is 5. The van der Waals surface area contributed by atoms with E-state index in [4.69, 9.17) is 21.1 Å². The van der Waals surface area contributed by atoms with Gasteiger partial charge in [0.1, 0.15) is 5.54 Å². The monoisotopic (exact) mass is 309 g/mol. The summed E-state index contributed by atoms with van der Waals surface area (Å²) in [6, 6.07) is 3.55. The van der Waals surface area contributed by atoms with Gasteiger partial charge in [-0.1, -0.05) is 24.4 Å². The zero-order valence-electron chi connectivity index (χ0n) is 12.6. The standard InChI is InChI=1S/C16H20ClNO3/c1-11(2)21-15-13(8-12(17)9-14(15)20-3)16(18-10-19)6-4-5-7-16/h8-9,11H,4-7H2,1-3H3. The van der Waals surface area contributed by atoms with Crippen molar-refractivity contribution >= 4 is 17.7 Å². The van der Waals surface area contributed by atoms with Gasteiger partial charge in [-0.25, -0.2) is 4.79 Å². The number of hydrogen-bond donors (Lipinski definition) is 0. The second kappa shape index (κ2) is 6.50. The molecule has 1 aliphatic rings. The highest BCUT2D eigenvalue weighted by Crippen LogP contribution is 2.49. The predicted molar refractivity (Wildman–Crippen MR) is 82.0 cm³/mol. The van der Waals surface area contributed by atoms with Crippen LogP contribution in [-0.4, -0.2) is 19.3 Å². The summed E-state index contributed by atoms with van der Waals surface area (Å²) in [4.78, 5) is 15.0. The van der Waals surface area contributed by atoms with Gasteiger partial charge in [0.2, 0.25) is 6.08 Å². The number of halogens is 1. The predicted octanol–water partition coefficient (Wildman–Crippen LogP) is 4.24. The summed E-state index contributed by atoms with van der Waals surface area (Å²) in [7, 11) is 1.58. The molecule has 0 heterocycles. The van der Waals surface area contributed by atoms with Gasteiger partial charge in [-0.05, 0) is 32.8 Å². The first-order valence-electron chi connectivity index (χ1n) is 7.16. The number of carbonyl (C=O) groups excluding carboxylic acids is 1. The van der Waals surface area contributed by atoms with E-state index in [2.05, 4.69) is 4.99 Å². The van der Waals surface area contributed by atoms with Crippen molar-refractivity contribution < 1.29 is 14.3 Å². The molecular formula is C16H20ClNO3. The zero-order chi connectivity index (χ0) is 15.5. The number of isocyanates is 1. The van der Waals surface area contributed by atoms with Crippen molar-refractivity contribution in [2.45, 2.75) is 51.2 Å². The molecule has 1 aromatic carbocycles. The number of ether oxygens (including phenoxy) is 2. The molecule has 114 valence electrons. The Hall–Kier alpha value is -1.51. The van der Waals surface area contributed by atoms with Crippen LogP contribution in [0.1, 0.15) is 45.1 Å². The molecule has 1 aromatic rings. The largest absolute Gasteiger partial charge is 0.493 e. The van der Waals surface area contributed by atoms with E-state index in [-0.39, 0.29) is 6.10 Å². The van der Waals surface area contributed by atoms with E-state index in [9.17, 15) is 4.79 Å². The number of hydrogen-bond acceptors (Lipinski definition) is 4. The lowest BCUT2D eigenvalue weighted by molar-refractivity contribution is 0.222. The van der Waals surface area contributed by atoms with E-state index in [1.165, 1.54) is 0 Å². The minimum absolute atomic E-state index is 0.0162. The molecule has 0 unspecified atom stereocenters. The quantitative estimate of drug-likeness (QED) is 0.603. The number of aliphatic imine (C=N–C) groups is 1. The lowest BCUT2D eigenvalue weighted by Gasteiger charge is -2.27. The van der Waals surface area contributed by atoms with Crippen LogP contribution < -0.4 is 9.47 Å². The first-order valence-corrected chi connectivity index (χ1v) is 7.54. The van der Waals surface area contributed by atoms with Crippen molar-refractivity contribution in [1.82, 2.24) is 0 Å². The van der Waals surface area contributed by atoms with E-state index in [1.807, 2.05) is 19.9 Å². The lowest BCUT2D eigenvalue weighted by atomic mass is 9.88. The average Bonchev–Trinajstić information content (AvgIpc) is 2.89. The van der Waals surface area contributed by atoms with Crippen LogP contribution in [0.2, 0.25) is 5.02 Å². The number of benzene rings is 1. The highest BCUT2D eigenvalue weighted by molar-refractivity contribution is 6.30. The van der Waals surface area contributed by atoms with E-state index in [0.717, 1.165) is 31.2 Å². The van der Waals surface area contributed by atoms with Crippen molar-refractivity contribution in [3.05, 3.63) is 22.7 Å². The molecule has 0 atom stereocenters. The Kier molecular flexibility index (Phi) is 4.92. The van der Waals surface area contributed by atoms with Gasteiger partial charge in [0.05, 0.1) is 13.2 Å². The summed E-state index contributed by atoms with van der Waals surface area (Å²) in [5.74, 6) is 1.19. The molecule has 1 fully saturated rings. The van der Waals surface area contributed by atoms with Gasteiger partial charge in [0, 0.05) is 16.7 Å². The van der Waals surface area contributed by atoms with E-state index < -0.39 is 5.54 Å². The van der Waals surface area contributed by atoms with Gasteiger partial charge in [-0.3, -0.25) is 0 Å². The Morgan fingerprint density at radius 2 is 2.00 bits per heavy atom. The molecule has 2 rings (SSSR count). The molecule has 4 nitrogen and oxygen atoms in total. The van der Waals surface area contributed by atoms with E-state index in [1.54, 1.807) is 19.3 Å². The first kappa shape index (κ1) is 15.9. The molecular weight excluding hydrogens is 290 g/mol. The molecule has 0 N–H and O–H groups in total. The van der Waals surface area contributed by atoms with Gasteiger partial charge in [-0.2, -0.15) is 4.99 Å². The minimum Gasteiger partial charge on any atom is -0.493 e. The topological polar surface area (TPSA) is 47.9 Å². The summed E-state index contributed by atoms with van der Waals surface area (Å²) in [6.07, 6.45) is 5.32. The third-order valence-corrected chi connectivity index (χ3v) is 4.00. The van der Waals surface area contributed by atoms with Crippen molar-refractivity contribution in [2.75, 3.05) is 7.11 Å². The molecule has 0 spiro atoms. The van der Waals surface area contributed by atoms with Crippen LogP contribution in [0.15, 0.2) is 17.1 Å². The number of methoxy groups -OCH3 is 1.